The Labute approximate surface area is 226 Å². The molecule has 7 nitrogen and oxygen atoms in total. The van der Waals surface area contributed by atoms with Crippen molar-refractivity contribution in [1.82, 2.24) is 15.0 Å². The molecule has 0 bridgehead atoms. The van der Waals surface area contributed by atoms with Gasteiger partial charge in [0.2, 0.25) is 11.7 Å². The molecule has 0 unspecified atom stereocenters. The predicted octanol–water partition coefficient (Wildman–Crippen LogP) is 6.63. The minimum Gasteiger partial charge on any atom is -0.493 e. The lowest BCUT2D eigenvalue weighted by Crippen LogP contribution is -2.35. The highest BCUT2D eigenvalue weighted by Crippen LogP contribution is 2.39. The van der Waals surface area contributed by atoms with Crippen molar-refractivity contribution in [3.05, 3.63) is 65.0 Å². The van der Waals surface area contributed by atoms with Crippen LogP contribution in [0, 0.1) is 5.41 Å². The van der Waals surface area contributed by atoms with Crippen molar-refractivity contribution in [1.29, 1.82) is 5.41 Å². The van der Waals surface area contributed by atoms with Gasteiger partial charge in [0, 0.05) is 12.1 Å². The maximum absolute atomic E-state index is 13.8. The summed E-state index contributed by atoms with van der Waals surface area (Å²) in [7, 11) is 0. The van der Waals surface area contributed by atoms with Gasteiger partial charge in [-0.3, -0.25) is 5.41 Å². The van der Waals surface area contributed by atoms with E-state index in [0.29, 0.717) is 37.8 Å². The lowest BCUT2D eigenvalue weighted by Gasteiger charge is -2.21. The van der Waals surface area contributed by atoms with Crippen LogP contribution in [0.4, 0.5) is 26.3 Å². The number of ether oxygens (including phenoxy) is 1. The summed E-state index contributed by atoms with van der Waals surface area (Å²) in [5.41, 5.74) is 4.64. The Balaban J connectivity index is 0.00000420. The highest BCUT2D eigenvalue weighted by Gasteiger charge is 2.36. The first-order valence-electron chi connectivity index (χ1n) is 11.9. The van der Waals surface area contributed by atoms with Crippen LogP contribution in [0.5, 0.6) is 5.75 Å². The molecule has 1 atom stereocenters. The molecule has 1 aromatic heterocycles. The number of nitrogens with one attached hydrogen (secondary N) is 1. The number of halogens is 7. The number of rotatable bonds is 8. The summed E-state index contributed by atoms with van der Waals surface area (Å²) in [6.45, 7) is 0.546. The molecule has 2 aromatic carbocycles. The fraction of sp³-hybridized carbons (Fsp3) is 0.400. The predicted molar refractivity (Wildman–Crippen MR) is 132 cm³/mol. The van der Waals surface area contributed by atoms with Gasteiger partial charge in [-0.15, -0.1) is 12.4 Å². The molecule has 0 radical (unpaired) electrons. The Kier molecular flexibility index (Phi) is 9.36. The molecule has 0 spiro atoms. The zero-order valence-corrected chi connectivity index (χ0v) is 21.3. The van der Waals surface area contributed by atoms with Crippen LogP contribution in [0.3, 0.4) is 0 Å². The first-order chi connectivity index (χ1) is 17.9. The van der Waals surface area contributed by atoms with Crippen LogP contribution in [-0.2, 0) is 18.8 Å². The molecule has 14 heteroatoms. The highest BCUT2D eigenvalue weighted by atomic mass is 35.5. The van der Waals surface area contributed by atoms with Gasteiger partial charge in [0.15, 0.2) is 5.96 Å². The maximum atomic E-state index is 13.8. The Morgan fingerprint density at radius 3 is 2.41 bits per heavy atom. The molecule has 0 amide bonds. The molecule has 2 heterocycles. The van der Waals surface area contributed by atoms with Gasteiger partial charge in [0.05, 0.1) is 17.7 Å². The molecule has 3 aromatic rings. The van der Waals surface area contributed by atoms with E-state index in [9.17, 15) is 26.3 Å². The Morgan fingerprint density at radius 2 is 1.77 bits per heavy atom. The number of nitrogens with two attached hydrogens (primary N) is 1. The SMILES string of the molecule is Cl.N=C(N)N1CCC[C@H]1c1nc(-c2ccc(OCCCCc3ccc(C(F)(F)F)cc3)c(C(F)(F)F)c2)no1. The molecule has 39 heavy (non-hydrogen) atoms. The number of aryl methyl sites for hydroxylation is 1. The van der Waals surface area contributed by atoms with Crippen molar-refractivity contribution in [2.24, 2.45) is 5.73 Å². The summed E-state index contributed by atoms with van der Waals surface area (Å²) in [5.74, 6) is -0.343. The summed E-state index contributed by atoms with van der Waals surface area (Å²) in [5, 5.41) is 11.5. The smallest absolute Gasteiger partial charge is 0.419 e. The Morgan fingerprint density at radius 1 is 1.05 bits per heavy atom. The monoisotopic (exact) mass is 577 g/mol. The first-order valence-corrected chi connectivity index (χ1v) is 11.9. The van der Waals surface area contributed by atoms with Crippen LogP contribution in [-0.4, -0.2) is 34.2 Å². The second-order valence-electron chi connectivity index (χ2n) is 8.90. The molecule has 1 aliphatic heterocycles. The molecule has 4 rings (SSSR count). The van der Waals surface area contributed by atoms with Crippen molar-refractivity contribution >= 4 is 18.4 Å². The number of alkyl halides is 6. The van der Waals surface area contributed by atoms with Crippen LogP contribution in [0.25, 0.3) is 11.4 Å². The van der Waals surface area contributed by atoms with E-state index in [0.717, 1.165) is 24.6 Å². The van der Waals surface area contributed by atoms with Crippen molar-refractivity contribution in [2.75, 3.05) is 13.2 Å². The molecule has 3 N–H and O–H groups in total. The largest absolute Gasteiger partial charge is 0.493 e. The minimum absolute atomic E-state index is 0. The number of hydrogen-bond acceptors (Lipinski definition) is 5. The maximum Gasteiger partial charge on any atom is 0.419 e. The molecule has 1 aliphatic rings. The molecular weight excluding hydrogens is 552 g/mol. The molecular formula is C25H26ClF6N5O2. The molecule has 1 saturated heterocycles. The molecule has 212 valence electrons. The fourth-order valence-corrected chi connectivity index (χ4v) is 4.29. The summed E-state index contributed by atoms with van der Waals surface area (Å²) in [6, 6.07) is 7.87. The van der Waals surface area contributed by atoms with Gasteiger partial charge in [-0.05, 0) is 68.0 Å². The van der Waals surface area contributed by atoms with Gasteiger partial charge >= 0.3 is 12.4 Å². The van der Waals surface area contributed by atoms with E-state index in [-0.39, 0.29) is 48.0 Å². The second-order valence-corrected chi connectivity index (χ2v) is 8.90. The third-order valence-corrected chi connectivity index (χ3v) is 6.23. The van der Waals surface area contributed by atoms with Crippen molar-refractivity contribution < 1.29 is 35.6 Å². The lowest BCUT2D eigenvalue weighted by atomic mass is 10.1. The average molecular weight is 578 g/mol. The minimum atomic E-state index is -4.70. The van der Waals surface area contributed by atoms with Crippen molar-refractivity contribution in [3.8, 4) is 17.1 Å². The number of aromatic nitrogens is 2. The van der Waals surface area contributed by atoms with E-state index >= 15 is 0 Å². The van der Waals surface area contributed by atoms with Gasteiger partial charge in [-0.2, -0.15) is 31.3 Å². The summed E-state index contributed by atoms with van der Waals surface area (Å²) < 4.78 is 90.0. The third kappa shape index (κ3) is 7.34. The van der Waals surface area contributed by atoms with E-state index in [4.69, 9.17) is 20.4 Å². The van der Waals surface area contributed by atoms with Gasteiger partial charge in [-0.25, -0.2) is 0 Å². The van der Waals surface area contributed by atoms with Gasteiger partial charge in [0.25, 0.3) is 0 Å². The van der Waals surface area contributed by atoms with Crippen molar-refractivity contribution in [2.45, 2.75) is 50.5 Å². The van der Waals surface area contributed by atoms with E-state index < -0.39 is 29.5 Å². The quantitative estimate of drug-likeness (QED) is 0.135. The number of nitrogens with zero attached hydrogens (tertiary/aromatic N) is 3. The number of guanidine groups is 1. The third-order valence-electron chi connectivity index (χ3n) is 6.23. The standard InChI is InChI=1S/C25H25F6N5O2.ClH/c26-24(27,28)17-9-6-15(7-10-17)4-1-2-13-37-20-11-8-16(14-18(20)25(29,30)31)21-34-22(38-35-21)19-5-3-12-36(19)23(32)33;/h6-11,14,19H,1-5,12-13H2,(H3,32,33);1H/t19-;/m0./s1. The average Bonchev–Trinajstić information content (AvgIpc) is 3.53. The van der Waals surface area contributed by atoms with Crippen LogP contribution in [0.1, 0.15) is 54.3 Å². The number of hydrogen-bond donors (Lipinski definition) is 2. The van der Waals surface area contributed by atoms with Crippen LogP contribution < -0.4 is 10.5 Å². The summed E-state index contributed by atoms with van der Waals surface area (Å²) >= 11 is 0. The van der Waals surface area contributed by atoms with Crippen LogP contribution >= 0.6 is 12.4 Å². The van der Waals surface area contributed by atoms with Crippen LogP contribution in [0.2, 0.25) is 0 Å². The molecule has 0 saturated carbocycles. The topological polar surface area (TPSA) is 101 Å². The summed E-state index contributed by atoms with van der Waals surface area (Å²) in [4.78, 5) is 5.83. The van der Waals surface area contributed by atoms with E-state index in [2.05, 4.69) is 10.1 Å². The molecule has 1 fully saturated rings. The normalized spacial score (nSPS) is 15.7. The lowest BCUT2D eigenvalue weighted by molar-refractivity contribution is -0.139. The number of likely N-dealkylation sites (tertiary alicyclic amines) is 1. The fourth-order valence-electron chi connectivity index (χ4n) is 4.29. The Bertz CT molecular complexity index is 1260. The second kappa shape index (κ2) is 12.1. The Hall–Kier alpha value is -3.48. The van der Waals surface area contributed by atoms with Crippen LogP contribution in [0.15, 0.2) is 47.0 Å². The van der Waals surface area contributed by atoms with Crippen molar-refractivity contribution in [3.63, 3.8) is 0 Å². The number of unbranched alkanes of at least 4 members (excludes halogenated alkanes) is 1. The van der Waals surface area contributed by atoms with E-state index in [1.165, 1.54) is 24.3 Å². The number of benzene rings is 2. The summed E-state index contributed by atoms with van der Waals surface area (Å²) in [6.07, 6.45) is -6.32. The van der Waals surface area contributed by atoms with E-state index in [1.54, 1.807) is 4.90 Å². The first kappa shape index (κ1) is 30.1. The van der Waals surface area contributed by atoms with E-state index in [1.807, 2.05) is 0 Å². The van der Waals surface area contributed by atoms with Gasteiger partial charge < -0.3 is 19.9 Å². The zero-order valence-electron chi connectivity index (χ0n) is 20.5. The molecule has 0 aliphatic carbocycles. The zero-order chi connectivity index (χ0) is 27.5. The highest BCUT2D eigenvalue weighted by molar-refractivity contribution is 5.85. The van der Waals surface area contributed by atoms with Gasteiger partial charge in [0.1, 0.15) is 11.8 Å². The van der Waals surface area contributed by atoms with Gasteiger partial charge in [-0.1, -0.05) is 17.3 Å².